The molecule has 12 heteroatoms. The number of nitrogens with one attached hydrogen (secondary N) is 2. The summed E-state index contributed by atoms with van der Waals surface area (Å²) in [7, 11) is -2.00. The summed E-state index contributed by atoms with van der Waals surface area (Å²) in [4.78, 5) is 39.6. The molecular weight excluding hydrogens is 450 g/mol. The largest absolute Gasteiger partial charge is 0.455 e. The number of imidazole rings is 1. The number of carbonyl (C=O) groups excluding carboxylic acids is 3. The van der Waals surface area contributed by atoms with Crippen molar-refractivity contribution in [3.05, 3.63) is 36.3 Å². The van der Waals surface area contributed by atoms with Crippen molar-refractivity contribution in [3.63, 3.8) is 0 Å². The second kappa shape index (κ2) is 10.1. The Kier molecular flexibility index (Phi) is 7.49. The van der Waals surface area contributed by atoms with E-state index in [1.54, 1.807) is 42.8 Å². The molecule has 1 aliphatic rings. The molecule has 1 fully saturated rings. The molecule has 1 aromatic heterocycles. The molecule has 178 valence electrons. The summed E-state index contributed by atoms with van der Waals surface area (Å²) in [6.45, 7) is 3.01. The number of anilines is 2. The van der Waals surface area contributed by atoms with Gasteiger partial charge in [-0.25, -0.2) is 13.4 Å². The third-order valence-corrected chi connectivity index (χ3v) is 7.08. The van der Waals surface area contributed by atoms with Crippen molar-refractivity contribution in [2.75, 3.05) is 30.3 Å². The maximum Gasteiger partial charge on any atom is 0.309 e. The van der Waals surface area contributed by atoms with E-state index in [1.807, 2.05) is 0 Å². The molecule has 0 unspecified atom stereocenters. The first-order valence-corrected chi connectivity index (χ1v) is 11.8. The van der Waals surface area contributed by atoms with Crippen molar-refractivity contribution in [1.82, 2.24) is 13.9 Å². The van der Waals surface area contributed by atoms with Crippen molar-refractivity contribution in [2.24, 2.45) is 13.0 Å². The molecule has 0 bridgehead atoms. The Morgan fingerprint density at radius 2 is 1.67 bits per heavy atom. The standard InChI is InChI=1S/C21H27N5O6S/c1-14-22-20(12-25(14)3)33(30,31)26-10-8-16(9-11-26)21(29)32-13-19(28)24-18-6-4-17(5-7-18)23-15(2)27/h4-7,12,16H,8-11,13H2,1-3H3,(H,23,27)(H,24,28). The van der Waals surface area contributed by atoms with Crippen LogP contribution in [0.3, 0.4) is 0 Å². The summed E-state index contributed by atoms with van der Waals surface area (Å²) in [6, 6.07) is 6.50. The number of benzene rings is 1. The highest BCUT2D eigenvalue weighted by Gasteiger charge is 2.34. The first-order valence-electron chi connectivity index (χ1n) is 10.4. The second-order valence-corrected chi connectivity index (χ2v) is 9.71. The molecule has 2 N–H and O–H groups in total. The van der Waals surface area contributed by atoms with Gasteiger partial charge in [0.2, 0.25) is 5.91 Å². The first-order chi connectivity index (χ1) is 15.6. The van der Waals surface area contributed by atoms with Gasteiger partial charge in [-0.05, 0) is 44.0 Å². The lowest BCUT2D eigenvalue weighted by Gasteiger charge is -2.29. The predicted molar refractivity (Wildman–Crippen MR) is 120 cm³/mol. The molecule has 0 saturated carbocycles. The average molecular weight is 478 g/mol. The third-order valence-electron chi connectivity index (χ3n) is 5.31. The van der Waals surface area contributed by atoms with E-state index in [9.17, 15) is 22.8 Å². The number of hydrogen-bond donors (Lipinski definition) is 2. The first kappa shape index (κ1) is 24.4. The smallest absolute Gasteiger partial charge is 0.309 e. The molecule has 11 nitrogen and oxygen atoms in total. The van der Waals surface area contributed by atoms with E-state index in [1.165, 1.54) is 17.4 Å². The lowest BCUT2D eigenvalue weighted by molar-refractivity contribution is -0.152. The molecule has 0 aliphatic carbocycles. The van der Waals surface area contributed by atoms with E-state index in [-0.39, 0.29) is 24.0 Å². The number of esters is 1. The Morgan fingerprint density at radius 1 is 1.09 bits per heavy atom. The fourth-order valence-electron chi connectivity index (χ4n) is 3.41. The number of aryl methyl sites for hydroxylation is 2. The zero-order chi connectivity index (χ0) is 24.2. The lowest BCUT2D eigenvalue weighted by atomic mass is 9.98. The van der Waals surface area contributed by atoms with E-state index >= 15 is 0 Å². The van der Waals surface area contributed by atoms with Crippen LogP contribution < -0.4 is 10.6 Å². The quantitative estimate of drug-likeness (QED) is 0.572. The van der Waals surface area contributed by atoms with Crippen LogP contribution in [0, 0.1) is 12.8 Å². The highest BCUT2D eigenvalue weighted by molar-refractivity contribution is 7.89. The number of sulfonamides is 1. The molecule has 3 rings (SSSR count). The summed E-state index contributed by atoms with van der Waals surface area (Å²) >= 11 is 0. The minimum atomic E-state index is -3.72. The van der Waals surface area contributed by atoms with Crippen LogP contribution in [-0.2, 0) is 36.2 Å². The molecule has 1 aromatic carbocycles. The number of ether oxygens (including phenoxy) is 1. The van der Waals surface area contributed by atoms with Crippen molar-refractivity contribution < 1.29 is 27.5 Å². The zero-order valence-electron chi connectivity index (χ0n) is 18.7. The average Bonchev–Trinajstić information content (AvgIpc) is 3.12. The molecule has 2 aromatic rings. The topological polar surface area (TPSA) is 140 Å². The highest BCUT2D eigenvalue weighted by Crippen LogP contribution is 2.24. The summed E-state index contributed by atoms with van der Waals surface area (Å²) in [6.07, 6.45) is 2.07. The van der Waals surface area contributed by atoms with Gasteiger partial charge < -0.3 is 19.9 Å². The maximum absolute atomic E-state index is 12.8. The zero-order valence-corrected chi connectivity index (χ0v) is 19.5. The molecule has 2 heterocycles. The highest BCUT2D eigenvalue weighted by atomic mass is 32.2. The van der Waals surface area contributed by atoms with Crippen LogP contribution in [0.15, 0.2) is 35.5 Å². The van der Waals surface area contributed by atoms with Crippen molar-refractivity contribution >= 4 is 39.2 Å². The van der Waals surface area contributed by atoms with Gasteiger partial charge in [-0.1, -0.05) is 0 Å². The number of rotatable bonds is 7. The third kappa shape index (κ3) is 6.17. The number of aromatic nitrogens is 2. The Balaban J connectivity index is 1.45. The van der Waals surface area contributed by atoms with Crippen LogP contribution in [-0.4, -0.2) is 59.8 Å². The Morgan fingerprint density at radius 3 is 2.18 bits per heavy atom. The molecule has 0 radical (unpaired) electrons. The normalized spacial score (nSPS) is 15.1. The maximum atomic E-state index is 12.8. The molecule has 33 heavy (non-hydrogen) atoms. The van der Waals surface area contributed by atoms with Gasteiger partial charge in [-0.3, -0.25) is 14.4 Å². The Labute approximate surface area is 192 Å². The van der Waals surface area contributed by atoms with Gasteiger partial charge in [0.15, 0.2) is 11.6 Å². The number of carbonyl (C=O) groups is 3. The number of hydrogen-bond acceptors (Lipinski definition) is 7. The van der Waals surface area contributed by atoms with E-state index in [4.69, 9.17) is 4.74 Å². The molecule has 1 aliphatic heterocycles. The Hall–Kier alpha value is -3.25. The molecule has 0 atom stereocenters. The van der Waals surface area contributed by atoms with E-state index < -0.39 is 34.4 Å². The van der Waals surface area contributed by atoms with E-state index in [0.29, 0.717) is 30.0 Å². The van der Waals surface area contributed by atoms with Crippen LogP contribution >= 0.6 is 0 Å². The summed E-state index contributed by atoms with van der Waals surface area (Å²) in [5.74, 6) is -1.12. The van der Waals surface area contributed by atoms with Crippen LogP contribution in [0.1, 0.15) is 25.6 Å². The molecule has 1 saturated heterocycles. The molecule has 0 spiro atoms. The predicted octanol–water partition coefficient (Wildman–Crippen LogP) is 1.27. The van der Waals surface area contributed by atoms with Gasteiger partial charge in [0.05, 0.1) is 5.92 Å². The fraction of sp³-hybridized carbons (Fsp3) is 0.429. The minimum Gasteiger partial charge on any atom is -0.455 e. The number of amides is 2. The Bertz CT molecular complexity index is 1110. The van der Waals surface area contributed by atoms with Crippen molar-refractivity contribution in [1.29, 1.82) is 0 Å². The van der Waals surface area contributed by atoms with Gasteiger partial charge in [0.25, 0.3) is 15.9 Å². The van der Waals surface area contributed by atoms with E-state index in [2.05, 4.69) is 15.6 Å². The SMILES string of the molecule is CC(=O)Nc1ccc(NC(=O)COC(=O)C2CCN(S(=O)(=O)c3cn(C)c(C)n3)CC2)cc1. The van der Waals surface area contributed by atoms with Crippen LogP contribution in [0.25, 0.3) is 0 Å². The monoisotopic (exact) mass is 477 g/mol. The minimum absolute atomic E-state index is 0.00898. The van der Waals surface area contributed by atoms with Crippen molar-refractivity contribution in [3.8, 4) is 0 Å². The lowest BCUT2D eigenvalue weighted by Crippen LogP contribution is -2.41. The summed E-state index contributed by atoms with van der Waals surface area (Å²) < 4.78 is 33.6. The van der Waals surface area contributed by atoms with Crippen LogP contribution in [0.2, 0.25) is 0 Å². The van der Waals surface area contributed by atoms with Gasteiger partial charge in [-0.2, -0.15) is 4.31 Å². The molecular formula is C21H27N5O6S. The van der Waals surface area contributed by atoms with Gasteiger partial charge in [0.1, 0.15) is 5.82 Å². The second-order valence-electron chi connectivity index (χ2n) is 7.83. The summed E-state index contributed by atoms with van der Waals surface area (Å²) in [5, 5.41) is 5.22. The fourth-order valence-corrected chi connectivity index (χ4v) is 4.90. The van der Waals surface area contributed by atoms with E-state index in [0.717, 1.165) is 0 Å². The van der Waals surface area contributed by atoms with Gasteiger partial charge in [0, 0.05) is 44.6 Å². The molecule has 2 amide bonds. The van der Waals surface area contributed by atoms with Crippen molar-refractivity contribution in [2.45, 2.75) is 31.7 Å². The van der Waals surface area contributed by atoms with Gasteiger partial charge in [-0.15, -0.1) is 0 Å². The van der Waals surface area contributed by atoms with Crippen LogP contribution in [0.4, 0.5) is 11.4 Å². The van der Waals surface area contributed by atoms with Gasteiger partial charge >= 0.3 is 5.97 Å². The number of piperidine rings is 1. The number of nitrogens with zero attached hydrogens (tertiary/aromatic N) is 3. The summed E-state index contributed by atoms with van der Waals surface area (Å²) in [5.41, 5.74) is 1.09. The van der Waals surface area contributed by atoms with Crippen LogP contribution in [0.5, 0.6) is 0 Å².